The van der Waals surface area contributed by atoms with Crippen molar-refractivity contribution in [3.8, 4) is 0 Å². The maximum atomic E-state index is 13.2. The first kappa shape index (κ1) is 21.4. The minimum atomic E-state index is -3.52. The van der Waals surface area contributed by atoms with E-state index in [1.807, 2.05) is 0 Å². The van der Waals surface area contributed by atoms with Crippen LogP contribution in [0, 0.1) is 11.6 Å². The van der Waals surface area contributed by atoms with Crippen molar-refractivity contribution < 1.29 is 22.0 Å². The van der Waals surface area contributed by atoms with Crippen molar-refractivity contribution in [1.82, 2.24) is 14.5 Å². The second-order valence-electron chi connectivity index (χ2n) is 6.83. The van der Waals surface area contributed by atoms with Gasteiger partial charge in [0.15, 0.2) is 0 Å². The topological polar surface area (TPSA) is 69.7 Å². The number of nitrogens with zero attached hydrogens (tertiary/aromatic N) is 2. The quantitative estimate of drug-likeness (QED) is 0.738. The first-order chi connectivity index (χ1) is 13.8. The highest BCUT2D eigenvalue weighted by molar-refractivity contribution is 7.89. The minimum Gasteiger partial charge on any atom is -0.333 e. The molecule has 156 valence electrons. The molecular formula is C20H23F2N3O3S. The molecule has 3 rings (SSSR count). The molecule has 6 nitrogen and oxygen atoms in total. The number of sulfonamides is 1. The van der Waals surface area contributed by atoms with E-state index in [4.69, 9.17) is 0 Å². The molecule has 2 aromatic rings. The molecule has 1 heterocycles. The second kappa shape index (κ2) is 9.43. The minimum absolute atomic E-state index is 0.0279. The van der Waals surface area contributed by atoms with Crippen molar-refractivity contribution in [1.29, 1.82) is 0 Å². The van der Waals surface area contributed by atoms with Crippen LogP contribution in [0.2, 0.25) is 0 Å². The van der Waals surface area contributed by atoms with E-state index in [-0.39, 0.29) is 24.4 Å². The predicted octanol–water partition coefficient (Wildman–Crippen LogP) is 1.84. The van der Waals surface area contributed by atoms with E-state index in [9.17, 15) is 22.0 Å². The lowest BCUT2D eigenvalue weighted by atomic mass is 10.1. The summed E-state index contributed by atoms with van der Waals surface area (Å²) in [6.07, 6.45) is 0. The van der Waals surface area contributed by atoms with Crippen LogP contribution in [0.1, 0.15) is 15.9 Å². The lowest BCUT2D eigenvalue weighted by Crippen LogP contribution is -2.48. The number of carbonyl (C=O) groups excluding carboxylic acids is 1. The Morgan fingerprint density at radius 1 is 0.966 bits per heavy atom. The van der Waals surface area contributed by atoms with Crippen molar-refractivity contribution in [2.75, 3.05) is 38.5 Å². The average Bonchev–Trinajstić information content (AvgIpc) is 2.73. The van der Waals surface area contributed by atoms with Crippen LogP contribution in [0.25, 0.3) is 0 Å². The number of rotatable bonds is 7. The summed E-state index contributed by atoms with van der Waals surface area (Å²) in [4.78, 5) is 14.3. The van der Waals surface area contributed by atoms with Crippen molar-refractivity contribution in [2.45, 2.75) is 6.54 Å². The molecule has 1 amide bonds. The lowest BCUT2D eigenvalue weighted by Gasteiger charge is -2.28. The summed E-state index contributed by atoms with van der Waals surface area (Å²) in [7, 11) is -3.52. The van der Waals surface area contributed by atoms with E-state index < -0.39 is 27.6 Å². The first-order valence-corrected chi connectivity index (χ1v) is 10.9. The maximum absolute atomic E-state index is 13.2. The Balaban J connectivity index is 1.76. The monoisotopic (exact) mass is 423 g/mol. The van der Waals surface area contributed by atoms with Gasteiger partial charge in [-0.2, -0.15) is 4.31 Å². The smallest absolute Gasteiger partial charge is 0.254 e. The third-order valence-corrected chi connectivity index (χ3v) is 6.60. The molecule has 0 aromatic heterocycles. The number of amides is 1. The van der Waals surface area contributed by atoms with Gasteiger partial charge < -0.3 is 10.2 Å². The highest BCUT2D eigenvalue weighted by Crippen LogP contribution is 2.13. The molecule has 1 fully saturated rings. The lowest BCUT2D eigenvalue weighted by molar-refractivity contribution is 0.0753. The number of carbonyl (C=O) groups is 1. The molecule has 0 radical (unpaired) electrons. The van der Waals surface area contributed by atoms with Gasteiger partial charge in [-0.25, -0.2) is 17.2 Å². The predicted molar refractivity (Wildman–Crippen MR) is 106 cm³/mol. The fourth-order valence-corrected chi connectivity index (χ4v) is 4.56. The Bertz CT molecular complexity index is 928. The fraction of sp³-hybridized carbons (Fsp3) is 0.350. The molecule has 0 atom stereocenters. The Kier molecular flexibility index (Phi) is 6.94. The van der Waals surface area contributed by atoms with Crippen molar-refractivity contribution >= 4 is 15.9 Å². The fourth-order valence-electron chi connectivity index (χ4n) is 3.11. The zero-order valence-corrected chi connectivity index (χ0v) is 16.7. The van der Waals surface area contributed by atoms with Crippen molar-refractivity contribution in [3.63, 3.8) is 0 Å². The van der Waals surface area contributed by atoms with Crippen molar-refractivity contribution in [3.05, 3.63) is 71.3 Å². The van der Waals surface area contributed by atoms with Gasteiger partial charge in [-0.3, -0.25) is 4.79 Å². The molecule has 0 unspecified atom stereocenters. The average molecular weight is 423 g/mol. The molecule has 0 saturated carbocycles. The SMILES string of the molecule is O=C(c1ccc(F)cc1)N(CCS(=O)(=O)N1CCNCC1)Cc1ccc(F)cc1. The van der Waals surface area contributed by atoms with Crippen LogP contribution in [-0.2, 0) is 16.6 Å². The third-order valence-electron chi connectivity index (χ3n) is 4.75. The standard InChI is InChI=1S/C20H23F2N3O3S/c21-18-5-1-16(2-6-18)15-24(20(26)17-3-7-19(22)8-4-17)13-14-29(27,28)25-11-9-23-10-12-25/h1-8,23H,9-15H2. The van der Waals surface area contributed by atoms with Crippen LogP contribution in [0.3, 0.4) is 0 Å². The summed E-state index contributed by atoms with van der Waals surface area (Å²) < 4.78 is 53.1. The Hall–Kier alpha value is -2.36. The first-order valence-electron chi connectivity index (χ1n) is 9.33. The second-order valence-corrected chi connectivity index (χ2v) is 8.91. The van der Waals surface area contributed by atoms with E-state index in [1.165, 1.54) is 45.6 Å². The molecule has 0 spiro atoms. The van der Waals surface area contributed by atoms with Gasteiger partial charge in [0.25, 0.3) is 5.91 Å². The van der Waals surface area contributed by atoms with E-state index in [0.717, 1.165) is 0 Å². The summed E-state index contributed by atoms with van der Waals surface area (Å²) in [6.45, 7) is 2.06. The molecule has 1 aliphatic rings. The van der Waals surface area contributed by atoms with Gasteiger partial charge in [0, 0.05) is 44.8 Å². The molecule has 0 aliphatic carbocycles. The Morgan fingerprint density at radius 3 is 2.10 bits per heavy atom. The molecule has 1 aliphatic heterocycles. The number of nitrogens with one attached hydrogen (secondary N) is 1. The van der Waals surface area contributed by atoms with Crippen LogP contribution in [0.4, 0.5) is 8.78 Å². The third kappa shape index (κ3) is 5.81. The van der Waals surface area contributed by atoms with Crippen LogP contribution >= 0.6 is 0 Å². The molecule has 9 heteroatoms. The number of hydrogen-bond acceptors (Lipinski definition) is 4. The van der Waals surface area contributed by atoms with E-state index in [1.54, 1.807) is 12.1 Å². The molecular weight excluding hydrogens is 400 g/mol. The zero-order valence-electron chi connectivity index (χ0n) is 15.9. The molecule has 2 aromatic carbocycles. The highest BCUT2D eigenvalue weighted by atomic mass is 32.2. The van der Waals surface area contributed by atoms with Crippen LogP contribution in [0.15, 0.2) is 48.5 Å². The van der Waals surface area contributed by atoms with Crippen LogP contribution in [0.5, 0.6) is 0 Å². The van der Waals surface area contributed by atoms with Gasteiger partial charge in [0.1, 0.15) is 11.6 Å². The largest absolute Gasteiger partial charge is 0.333 e. The number of halogens is 2. The summed E-state index contributed by atoms with van der Waals surface area (Å²) in [5, 5.41) is 3.10. The van der Waals surface area contributed by atoms with Crippen molar-refractivity contribution in [2.24, 2.45) is 0 Å². The van der Waals surface area contributed by atoms with Gasteiger partial charge in [0.05, 0.1) is 5.75 Å². The number of benzene rings is 2. The number of hydrogen-bond donors (Lipinski definition) is 1. The highest BCUT2D eigenvalue weighted by Gasteiger charge is 2.26. The molecule has 0 bridgehead atoms. The normalized spacial score (nSPS) is 15.2. The maximum Gasteiger partial charge on any atom is 0.254 e. The molecule has 1 N–H and O–H groups in total. The molecule has 29 heavy (non-hydrogen) atoms. The summed E-state index contributed by atoms with van der Waals surface area (Å²) in [5.41, 5.74) is 0.925. The van der Waals surface area contributed by atoms with E-state index in [2.05, 4.69) is 5.32 Å². The van der Waals surface area contributed by atoms with Gasteiger partial charge in [-0.15, -0.1) is 0 Å². The summed E-state index contributed by atoms with van der Waals surface area (Å²) in [5.74, 6) is -1.49. The number of piperazine rings is 1. The van der Waals surface area contributed by atoms with Gasteiger partial charge in [-0.05, 0) is 42.0 Å². The van der Waals surface area contributed by atoms with Gasteiger partial charge >= 0.3 is 0 Å². The van der Waals surface area contributed by atoms with E-state index in [0.29, 0.717) is 31.7 Å². The Labute approximate surface area is 169 Å². The Morgan fingerprint density at radius 2 is 1.52 bits per heavy atom. The van der Waals surface area contributed by atoms with E-state index >= 15 is 0 Å². The van der Waals surface area contributed by atoms with Gasteiger partial charge in [-0.1, -0.05) is 12.1 Å². The summed E-state index contributed by atoms with van der Waals surface area (Å²) in [6, 6.07) is 10.7. The van der Waals surface area contributed by atoms with Crippen LogP contribution < -0.4 is 5.32 Å². The molecule has 1 saturated heterocycles. The summed E-state index contributed by atoms with van der Waals surface area (Å²) >= 11 is 0. The van der Waals surface area contributed by atoms with Gasteiger partial charge in [0.2, 0.25) is 10.0 Å². The van der Waals surface area contributed by atoms with Crippen LogP contribution in [-0.4, -0.2) is 62.0 Å². The zero-order chi connectivity index (χ0) is 20.9.